The van der Waals surface area contributed by atoms with Gasteiger partial charge in [-0.3, -0.25) is 0 Å². The van der Waals surface area contributed by atoms with Gasteiger partial charge < -0.3 is 28.4 Å². The van der Waals surface area contributed by atoms with Crippen LogP contribution < -0.4 is 19.3 Å². The number of fused-ring (bicyclic) bond motifs is 10. The maximum Gasteiger partial charge on any atom is 0.416 e. The summed E-state index contributed by atoms with van der Waals surface area (Å²) in [5, 5.41) is 26.0. The average Bonchev–Trinajstić information content (AvgIpc) is 1.78. The number of aromatic nitrogens is 2. The Labute approximate surface area is 474 Å². The summed E-state index contributed by atoms with van der Waals surface area (Å²) in [5.74, 6) is 2.08. The van der Waals surface area contributed by atoms with E-state index in [0.29, 0.717) is 84.2 Å². The molecule has 0 saturated heterocycles. The van der Waals surface area contributed by atoms with E-state index in [9.17, 15) is 36.9 Å². The number of para-hydroxylation sites is 8. The van der Waals surface area contributed by atoms with Crippen molar-refractivity contribution in [3.8, 4) is 68.8 Å². The molecule has 8 nitrogen and oxygen atoms in total. The van der Waals surface area contributed by atoms with Crippen LogP contribution in [0, 0.1) is 22.7 Å². The minimum atomic E-state index is -4.72. The van der Waals surface area contributed by atoms with E-state index in [1.807, 2.05) is 136 Å². The number of ether oxygens (including phenoxy) is 2. The largest absolute Gasteiger partial charge is 0.453 e. The lowest BCUT2D eigenvalue weighted by Crippen LogP contribution is -2.16. The number of alkyl halides is 6. The van der Waals surface area contributed by atoms with Crippen molar-refractivity contribution in [2.75, 3.05) is 9.80 Å². The van der Waals surface area contributed by atoms with Gasteiger partial charge in [0.05, 0.1) is 78.4 Å². The van der Waals surface area contributed by atoms with Crippen LogP contribution in [-0.2, 0) is 12.4 Å². The van der Waals surface area contributed by atoms with Crippen LogP contribution in [0.15, 0.2) is 231 Å². The quantitative estimate of drug-likeness (QED) is 0.154. The molecule has 2 aromatic heterocycles. The zero-order chi connectivity index (χ0) is 57.2. The molecule has 0 saturated carbocycles. The first kappa shape index (κ1) is 49.8. The highest BCUT2D eigenvalue weighted by atomic mass is 19.4. The van der Waals surface area contributed by atoms with E-state index < -0.39 is 23.5 Å². The zero-order valence-corrected chi connectivity index (χ0v) is 43.7. The van der Waals surface area contributed by atoms with E-state index in [2.05, 4.69) is 12.1 Å². The summed E-state index contributed by atoms with van der Waals surface area (Å²) in [4.78, 5) is 4.08. The second-order valence-electron chi connectivity index (χ2n) is 20.4. The van der Waals surface area contributed by atoms with Gasteiger partial charge in [0, 0.05) is 44.0 Å². The molecule has 4 heterocycles. The van der Waals surface area contributed by atoms with E-state index in [1.165, 1.54) is 12.1 Å². The molecule has 14 heteroatoms. The van der Waals surface area contributed by atoms with Crippen LogP contribution in [0.3, 0.4) is 0 Å². The molecule has 0 aliphatic carbocycles. The van der Waals surface area contributed by atoms with Crippen molar-refractivity contribution in [3.63, 3.8) is 0 Å². The van der Waals surface area contributed by atoms with Crippen molar-refractivity contribution in [2.24, 2.45) is 0 Å². The van der Waals surface area contributed by atoms with Crippen molar-refractivity contribution in [3.05, 3.63) is 253 Å². The monoisotopic (exact) mass is 1110 g/mol. The molecule has 0 atom stereocenters. The molecular formula is C70H38F6N6O2. The van der Waals surface area contributed by atoms with Gasteiger partial charge in [0.25, 0.3) is 0 Å². The smallest absolute Gasteiger partial charge is 0.416 e. The molecule has 15 rings (SSSR count). The Morgan fingerprint density at radius 2 is 0.702 bits per heavy atom. The van der Waals surface area contributed by atoms with Crippen LogP contribution in [0.2, 0.25) is 0 Å². The third kappa shape index (κ3) is 7.61. The van der Waals surface area contributed by atoms with Crippen LogP contribution in [0.25, 0.3) is 77.2 Å². The van der Waals surface area contributed by atoms with Crippen molar-refractivity contribution >= 4 is 77.7 Å². The third-order valence-electron chi connectivity index (χ3n) is 15.8. The fraction of sp³-hybridized carbons (Fsp3) is 0.0286. The van der Waals surface area contributed by atoms with Crippen molar-refractivity contribution < 1.29 is 35.8 Å². The fourth-order valence-corrected chi connectivity index (χ4v) is 12.3. The second kappa shape index (κ2) is 18.7. The zero-order valence-electron chi connectivity index (χ0n) is 43.7. The van der Waals surface area contributed by atoms with Gasteiger partial charge in [0.15, 0.2) is 23.0 Å². The molecule has 0 unspecified atom stereocenters. The van der Waals surface area contributed by atoms with E-state index in [0.717, 1.165) is 35.6 Å². The van der Waals surface area contributed by atoms with Gasteiger partial charge in [0.1, 0.15) is 12.1 Å². The molecule has 0 amide bonds. The molecule has 0 bridgehead atoms. The number of nitrogens with zero attached hydrogens (tertiary/aromatic N) is 6. The SMILES string of the molecule is N#Cc1c(-c2ccc3c(c2)N(c2ccccc2)c2ccccc2O3)c(-n2c3ccccc3c3cc(C(F)(F)F)ccc32)c(-c2ccc3c(c2)N(c2ccccc2)c2ccccc2O3)c(C#N)c1-n1c2ccccc2c2cc(C(F)(F)F)ccc21. The maximum atomic E-state index is 14.9. The molecule has 11 aromatic carbocycles. The molecule has 0 radical (unpaired) electrons. The first-order valence-corrected chi connectivity index (χ1v) is 26.7. The molecule has 402 valence electrons. The minimum absolute atomic E-state index is 0.0540. The van der Waals surface area contributed by atoms with E-state index in [1.54, 1.807) is 77.4 Å². The number of rotatable bonds is 6. The van der Waals surface area contributed by atoms with Crippen LogP contribution in [0.4, 0.5) is 60.5 Å². The van der Waals surface area contributed by atoms with Gasteiger partial charge in [-0.25, -0.2) is 0 Å². The summed E-state index contributed by atoms with van der Waals surface area (Å²) in [7, 11) is 0. The lowest BCUT2D eigenvalue weighted by molar-refractivity contribution is -0.138. The highest BCUT2D eigenvalue weighted by molar-refractivity contribution is 6.14. The topological polar surface area (TPSA) is 82.4 Å². The molecule has 13 aromatic rings. The molecule has 0 spiro atoms. The summed E-state index contributed by atoms with van der Waals surface area (Å²) < 4.78 is 106. The average molecular weight is 1110 g/mol. The lowest BCUT2D eigenvalue weighted by Gasteiger charge is -2.34. The molecule has 84 heavy (non-hydrogen) atoms. The summed E-state index contributed by atoms with van der Waals surface area (Å²) in [6.45, 7) is 0. The van der Waals surface area contributed by atoms with E-state index in [4.69, 9.17) is 9.47 Å². The lowest BCUT2D eigenvalue weighted by atomic mass is 9.85. The highest BCUT2D eigenvalue weighted by Gasteiger charge is 2.37. The van der Waals surface area contributed by atoms with Gasteiger partial charge >= 0.3 is 12.4 Å². The first-order chi connectivity index (χ1) is 40.9. The Balaban J connectivity index is 1.15. The first-order valence-electron chi connectivity index (χ1n) is 26.7. The molecule has 2 aliphatic rings. The third-order valence-corrected chi connectivity index (χ3v) is 15.8. The Morgan fingerprint density at radius 3 is 1.13 bits per heavy atom. The molecular weight excluding hydrogens is 1070 g/mol. The Kier molecular flexibility index (Phi) is 11.1. The van der Waals surface area contributed by atoms with Crippen molar-refractivity contribution in [2.45, 2.75) is 12.4 Å². The number of hydrogen-bond donors (Lipinski definition) is 0. The predicted molar refractivity (Wildman–Crippen MR) is 315 cm³/mol. The standard InChI is InChI=1S/C70H38F6N6O2/c71-69(72,73)43-29-31-55-49(37-43)47-19-7-9-21-53(47)81(55)67-51(39-77)65(41-27-33-63-59(35-41)79(45-15-3-1-4-16-45)57-23-11-13-25-61(57)83-63)68(82-54-22-10-8-20-48(54)50-38-44(70(74,75)76)30-32-56(50)82)66(52(67)40-78)42-28-34-64-60(36-42)80(46-17-5-2-6-18-46)58-24-12-14-26-62(58)84-64/h1-38H. The predicted octanol–water partition coefficient (Wildman–Crippen LogP) is 20.1. The fourth-order valence-electron chi connectivity index (χ4n) is 12.3. The Bertz CT molecular complexity index is 4820. The van der Waals surface area contributed by atoms with Crippen molar-refractivity contribution in [1.82, 2.24) is 9.13 Å². The number of halogens is 6. The van der Waals surface area contributed by atoms with E-state index >= 15 is 0 Å². The van der Waals surface area contributed by atoms with Gasteiger partial charge in [0.2, 0.25) is 0 Å². The second-order valence-corrected chi connectivity index (χ2v) is 20.4. The molecule has 0 N–H and O–H groups in total. The summed E-state index contributed by atoms with van der Waals surface area (Å²) >= 11 is 0. The van der Waals surface area contributed by atoms with Crippen molar-refractivity contribution in [1.29, 1.82) is 10.5 Å². The maximum absolute atomic E-state index is 14.9. The number of hydrogen-bond acceptors (Lipinski definition) is 6. The summed E-state index contributed by atoms with van der Waals surface area (Å²) in [5.41, 5.74) is 5.32. The van der Waals surface area contributed by atoms with Gasteiger partial charge in [-0.2, -0.15) is 36.9 Å². The normalized spacial score (nSPS) is 12.8. The van der Waals surface area contributed by atoms with E-state index in [-0.39, 0.29) is 49.9 Å². The Hall–Kier alpha value is -11.2. The molecule has 0 fully saturated rings. The van der Waals surface area contributed by atoms with Crippen LogP contribution in [-0.4, -0.2) is 9.13 Å². The van der Waals surface area contributed by atoms with Gasteiger partial charge in [-0.1, -0.05) is 109 Å². The van der Waals surface area contributed by atoms with Gasteiger partial charge in [-0.15, -0.1) is 0 Å². The summed E-state index contributed by atoms with van der Waals surface area (Å²) in [6.07, 6.45) is -9.43. The highest BCUT2D eigenvalue weighted by Crippen LogP contribution is 2.57. The Morgan fingerprint density at radius 1 is 0.333 bits per heavy atom. The molecule has 2 aliphatic heterocycles. The summed E-state index contributed by atoms with van der Waals surface area (Å²) in [6, 6.07) is 71.4. The number of anilines is 6. The van der Waals surface area contributed by atoms with Crippen LogP contribution in [0.5, 0.6) is 23.0 Å². The van der Waals surface area contributed by atoms with Crippen LogP contribution >= 0.6 is 0 Å². The minimum Gasteiger partial charge on any atom is -0.453 e. The van der Waals surface area contributed by atoms with Crippen LogP contribution in [0.1, 0.15) is 22.3 Å². The number of benzene rings is 11. The van der Waals surface area contributed by atoms with Gasteiger partial charge in [-0.05, 0) is 132 Å². The number of nitriles is 2.